The van der Waals surface area contributed by atoms with Gasteiger partial charge in [-0.05, 0) is 12.3 Å². The summed E-state index contributed by atoms with van der Waals surface area (Å²) in [6, 6.07) is 0. The first-order valence-electron chi connectivity index (χ1n) is 6.82. The summed E-state index contributed by atoms with van der Waals surface area (Å²) >= 11 is 0. The number of carbonyl (C=O) groups excluding carboxylic acids is 1. The normalized spacial score (nSPS) is 21.1. The Morgan fingerprint density at radius 3 is 2.89 bits per heavy atom. The van der Waals surface area contributed by atoms with Gasteiger partial charge in [-0.2, -0.15) is 0 Å². The Bertz CT molecular complexity index is 427. The minimum absolute atomic E-state index is 0.122. The second-order valence-electron chi connectivity index (χ2n) is 4.55. The average Bonchev–Trinajstić information content (AvgIpc) is 2.39. The molecule has 1 aliphatic carbocycles. The van der Waals surface area contributed by atoms with Crippen molar-refractivity contribution in [2.24, 2.45) is 5.92 Å². The van der Waals surface area contributed by atoms with Crippen molar-refractivity contribution in [3.63, 3.8) is 0 Å². The molecule has 2 heteroatoms. The molecule has 0 aromatic carbocycles. The fraction of sp³-hybridized carbons (Fsp3) is 0.353. The molecule has 1 rings (SSSR count). The molecule has 0 aliphatic heterocycles. The highest BCUT2D eigenvalue weighted by atomic mass is 16.2. The first-order valence-corrected chi connectivity index (χ1v) is 6.82. The lowest BCUT2D eigenvalue weighted by atomic mass is 10.1. The van der Waals surface area contributed by atoms with E-state index >= 15 is 0 Å². The third kappa shape index (κ3) is 5.12. The molecule has 19 heavy (non-hydrogen) atoms. The number of nitrogens with zero attached hydrogens (tertiary/aromatic N) is 1. The summed E-state index contributed by atoms with van der Waals surface area (Å²) in [6.45, 7) is 7.69. The van der Waals surface area contributed by atoms with Gasteiger partial charge < -0.3 is 0 Å². The fourth-order valence-electron chi connectivity index (χ4n) is 1.72. The Labute approximate surface area is 116 Å². The molecule has 0 fully saturated rings. The number of carbonyl (C=O) groups is 1. The van der Waals surface area contributed by atoms with Crippen LogP contribution in [0.5, 0.6) is 0 Å². The van der Waals surface area contributed by atoms with Gasteiger partial charge in [0.05, 0.1) is 0 Å². The summed E-state index contributed by atoms with van der Waals surface area (Å²) in [4.78, 5) is 13.8. The number of amides is 1. The first kappa shape index (κ1) is 15.2. The van der Waals surface area contributed by atoms with Crippen LogP contribution in [-0.2, 0) is 4.79 Å². The van der Waals surface area contributed by atoms with E-state index in [0.29, 0.717) is 6.42 Å². The number of allylic oxidation sites excluding steroid dienone is 7. The third-order valence-electron chi connectivity index (χ3n) is 2.99. The van der Waals surface area contributed by atoms with E-state index in [0.717, 1.165) is 18.5 Å². The molecular weight excluding hydrogens is 234 g/mol. The van der Waals surface area contributed by atoms with Crippen LogP contribution in [-0.4, -0.2) is 10.8 Å². The first-order chi connectivity index (χ1) is 9.19. The maximum absolute atomic E-state index is 12.1. The molecule has 2 nitrogen and oxygen atoms in total. The van der Waals surface area contributed by atoms with E-state index in [9.17, 15) is 4.79 Å². The smallest absolute Gasteiger partial charge is 0.230 e. The van der Waals surface area contributed by atoms with Crippen LogP contribution in [0.25, 0.3) is 0 Å². The minimum Gasteiger partial charge on any atom is -0.292 e. The number of rotatable bonds is 5. The minimum atomic E-state index is 0.122. The second kappa shape index (κ2) is 8.30. The predicted octanol–water partition coefficient (Wildman–Crippen LogP) is 4.35. The quantitative estimate of drug-likeness (QED) is 0.670. The number of hydrogen-bond donors (Lipinski definition) is 0. The van der Waals surface area contributed by atoms with Crippen LogP contribution in [0.4, 0.5) is 0 Å². The van der Waals surface area contributed by atoms with Crippen LogP contribution >= 0.6 is 0 Å². The highest BCUT2D eigenvalue weighted by Gasteiger charge is 2.13. The lowest BCUT2D eigenvalue weighted by molar-refractivity contribution is -0.126. The van der Waals surface area contributed by atoms with Gasteiger partial charge in [-0.25, -0.2) is 0 Å². The summed E-state index contributed by atoms with van der Waals surface area (Å²) in [6.07, 6.45) is 18.2. The monoisotopic (exact) mass is 257 g/mol. The van der Waals surface area contributed by atoms with E-state index < -0.39 is 0 Å². The van der Waals surface area contributed by atoms with Gasteiger partial charge in [0.1, 0.15) is 0 Å². The lowest BCUT2D eigenvalue weighted by Gasteiger charge is -2.21. The van der Waals surface area contributed by atoms with Crippen molar-refractivity contribution in [1.29, 1.82) is 0 Å². The molecule has 102 valence electrons. The summed E-state index contributed by atoms with van der Waals surface area (Å²) in [5.41, 5.74) is 1.04. The zero-order chi connectivity index (χ0) is 14.1. The van der Waals surface area contributed by atoms with Crippen molar-refractivity contribution in [3.8, 4) is 0 Å². The molecular formula is C17H23NO. The van der Waals surface area contributed by atoms with Gasteiger partial charge in [0.2, 0.25) is 5.91 Å². The molecule has 1 unspecified atom stereocenters. The molecule has 0 aromatic heterocycles. The molecule has 0 bridgehead atoms. The van der Waals surface area contributed by atoms with Crippen molar-refractivity contribution in [1.82, 2.24) is 4.90 Å². The zero-order valence-corrected chi connectivity index (χ0v) is 11.9. The van der Waals surface area contributed by atoms with Gasteiger partial charge >= 0.3 is 0 Å². The Morgan fingerprint density at radius 2 is 2.21 bits per heavy atom. The van der Waals surface area contributed by atoms with Gasteiger partial charge in [0.25, 0.3) is 0 Å². The maximum Gasteiger partial charge on any atom is 0.230 e. The Balaban J connectivity index is 2.92. The molecule has 0 aromatic rings. The van der Waals surface area contributed by atoms with Crippen LogP contribution < -0.4 is 0 Å². The SMILES string of the molecule is C=CC(C)C=CN(C(=O)CC)/C1=C/C/C=C\C=CC1. The van der Waals surface area contributed by atoms with E-state index in [4.69, 9.17) is 0 Å². The van der Waals surface area contributed by atoms with E-state index in [1.807, 2.05) is 44.4 Å². The lowest BCUT2D eigenvalue weighted by Crippen LogP contribution is -2.24. The van der Waals surface area contributed by atoms with Crippen LogP contribution in [0, 0.1) is 5.92 Å². The van der Waals surface area contributed by atoms with Crippen LogP contribution in [0.3, 0.4) is 0 Å². The van der Waals surface area contributed by atoms with Crippen molar-refractivity contribution in [2.45, 2.75) is 33.1 Å². The van der Waals surface area contributed by atoms with E-state index in [2.05, 4.69) is 24.8 Å². The second-order valence-corrected chi connectivity index (χ2v) is 4.55. The highest BCUT2D eigenvalue weighted by Crippen LogP contribution is 2.16. The molecule has 1 aliphatic rings. The highest BCUT2D eigenvalue weighted by molar-refractivity contribution is 5.79. The van der Waals surface area contributed by atoms with Crippen molar-refractivity contribution in [2.75, 3.05) is 0 Å². The zero-order valence-electron chi connectivity index (χ0n) is 11.9. The topological polar surface area (TPSA) is 20.3 Å². The maximum atomic E-state index is 12.1. The van der Waals surface area contributed by atoms with Gasteiger partial charge in [0.15, 0.2) is 0 Å². The Hall–Kier alpha value is -1.83. The molecule has 0 saturated heterocycles. The largest absolute Gasteiger partial charge is 0.292 e. The predicted molar refractivity (Wildman–Crippen MR) is 81.2 cm³/mol. The van der Waals surface area contributed by atoms with E-state index in [1.165, 1.54) is 0 Å². The van der Waals surface area contributed by atoms with E-state index in [-0.39, 0.29) is 11.8 Å². The average molecular weight is 257 g/mol. The molecule has 0 spiro atoms. The van der Waals surface area contributed by atoms with Crippen molar-refractivity contribution < 1.29 is 4.79 Å². The van der Waals surface area contributed by atoms with Crippen LogP contribution in [0.2, 0.25) is 0 Å². The summed E-state index contributed by atoms with van der Waals surface area (Å²) in [7, 11) is 0. The Morgan fingerprint density at radius 1 is 1.47 bits per heavy atom. The molecule has 1 atom stereocenters. The van der Waals surface area contributed by atoms with Gasteiger partial charge in [-0.1, -0.05) is 56.4 Å². The van der Waals surface area contributed by atoms with E-state index in [1.54, 1.807) is 4.90 Å². The molecule has 0 heterocycles. The van der Waals surface area contributed by atoms with Gasteiger partial charge in [-0.3, -0.25) is 9.69 Å². The molecule has 1 amide bonds. The summed E-state index contributed by atoms with van der Waals surface area (Å²) in [5.74, 6) is 0.383. The molecule has 0 saturated carbocycles. The standard InChI is InChI=1S/C17H23NO/c1-4-15(3)13-14-18(17(19)5-2)16-11-9-7-6-8-10-12-16/h4,6-9,12-15H,1,5,10-11H2,2-3H3/b8-6-,9-7?,14-13?,16-12+. The molecule has 0 radical (unpaired) electrons. The fourth-order valence-corrected chi connectivity index (χ4v) is 1.72. The summed E-state index contributed by atoms with van der Waals surface area (Å²) < 4.78 is 0. The van der Waals surface area contributed by atoms with Crippen molar-refractivity contribution in [3.05, 3.63) is 61.0 Å². The van der Waals surface area contributed by atoms with Crippen molar-refractivity contribution >= 4 is 5.91 Å². The van der Waals surface area contributed by atoms with Gasteiger partial charge in [-0.15, -0.1) is 6.58 Å². The van der Waals surface area contributed by atoms with Crippen LogP contribution in [0.1, 0.15) is 33.1 Å². The molecule has 0 N–H and O–H groups in total. The third-order valence-corrected chi connectivity index (χ3v) is 2.99. The number of hydrogen-bond acceptors (Lipinski definition) is 1. The van der Waals surface area contributed by atoms with Gasteiger partial charge in [0, 0.05) is 24.7 Å². The Kier molecular flexibility index (Phi) is 6.65. The van der Waals surface area contributed by atoms with Crippen LogP contribution in [0.15, 0.2) is 61.0 Å². The summed E-state index contributed by atoms with van der Waals surface area (Å²) in [5, 5.41) is 0.